The number of ether oxygens (including phenoxy) is 1. The van der Waals surface area contributed by atoms with Gasteiger partial charge < -0.3 is 10.5 Å². The van der Waals surface area contributed by atoms with E-state index >= 15 is 0 Å². The lowest BCUT2D eigenvalue weighted by molar-refractivity contribution is -0.0716. The molecule has 124 valence electrons. The highest BCUT2D eigenvalue weighted by atomic mass is 16.5. The smallest absolute Gasteiger partial charge is 0.0674 e. The molecule has 0 amide bonds. The third-order valence-electron chi connectivity index (χ3n) is 5.36. The number of nitrogens with zero attached hydrogens (tertiary/aromatic N) is 1. The van der Waals surface area contributed by atoms with Crippen molar-refractivity contribution in [1.29, 1.82) is 0 Å². The molecule has 2 N–H and O–H groups in total. The van der Waals surface area contributed by atoms with Crippen LogP contribution in [0, 0.1) is 0 Å². The summed E-state index contributed by atoms with van der Waals surface area (Å²) in [6, 6.07) is 1.42. The van der Waals surface area contributed by atoms with Crippen LogP contribution in [0.3, 0.4) is 0 Å². The molecule has 0 aromatic rings. The predicted molar refractivity (Wildman–Crippen MR) is 89.5 cm³/mol. The number of morpholine rings is 1. The second kappa shape index (κ2) is 9.12. The third kappa shape index (κ3) is 5.54. The average molecular weight is 296 g/mol. The summed E-state index contributed by atoms with van der Waals surface area (Å²) >= 11 is 0. The predicted octanol–water partition coefficient (Wildman–Crippen LogP) is 3.71. The van der Waals surface area contributed by atoms with Crippen molar-refractivity contribution >= 4 is 0 Å². The minimum Gasteiger partial charge on any atom is -0.376 e. The molecule has 1 saturated heterocycles. The lowest BCUT2D eigenvalue weighted by Gasteiger charge is -2.44. The molecule has 21 heavy (non-hydrogen) atoms. The monoisotopic (exact) mass is 296 g/mol. The molecule has 3 nitrogen and oxygen atoms in total. The van der Waals surface area contributed by atoms with Crippen molar-refractivity contribution < 1.29 is 4.74 Å². The van der Waals surface area contributed by atoms with Crippen molar-refractivity contribution in [1.82, 2.24) is 4.90 Å². The summed E-state index contributed by atoms with van der Waals surface area (Å²) in [5.74, 6) is 0. The van der Waals surface area contributed by atoms with E-state index in [1.54, 1.807) is 0 Å². The number of nitrogens with two attached hydrogens (primary N) is 1. The molecule has 2 rings (SSSR count). The van der Waals surface area contributed by atoms with Crippen LogP contribution in [0.4, 0.5) is 0 Å². The van der Waals surface area contributed by atoms with Crippen LogP contribution in [0.15, 0.2) is 0 Å². The molecule has 2 aliphatic rings. The van der Waals surface area contributed by atoms with Crippen molar-refractivity contribution in [2.45, 2.75) is 102 Å². The van der Waals surface area contributed by atoms with Gasteiger partial charge in [-0.05, 0) is 26.7 Å². The molecular weight excluding hydrogens is 260 g/mol. The topological polar surface area (TPSA) is 38.5 Å². The van der Waals surface area contributed by atoms with E-state index in [4.69, 9.17) is 10.5 Å². The highest BCUT2D eigenvalue weighted by Gasteiger charge is 2.32. The van der Waals surface area contributed by atoms with Crippen LogP contribution in [-0.2, 0) is 4.74 Å². The first-order valence-electron chi connectivity index (χ1n) is 9.31. The van der Waals surface area contributed by atoms with E-state index in [2.05, 4.69) is 18.7 Å². The SMILES string of the molecule is CC1CN(C2CCCCCCCCCCC2N)C(C)CO1. The summed E-state index contributed by atoms with van der Waals surface area (Å²) in [6.45, 7) is 6.42. The van der Waals surface area contributed by atoms with Gasteiger partial charge in [0.05, 0.1) is 12.7 Å². The van der Waals surface area contributed by atoms with Crippen molar-refractivity contribution in [3.63, 3.8) is 0 Å². The zero-order valence-electron chi connectivity index (χ0n) is 14.2. The molecule has 0 radical (unpaired) electrons. The molecule has 0 bridgehead atoms. The maximum Gasteiger partial charge on any atom is 0.0674 e. The molecule has 4 atom stereocenters. The van der Waals surface area contributed by atoms with E-state index in [-0.39, 0.29) is 0 Å². The van der Waals surface area contributed by atoms with Crippen LogP contribution in [0.5, 0.6) is 0 Å². The second-order valence-electron chi connectivity index (χ2n) is 7.33. The number of hydrogen-bond donors (Lipinski definition) is 1. The van der Waals surface area contributed by atoms with Gasteiger partial charge in [-0.15, -0.1) is 0 Å². The molecule has 1 aliphatic heterocycles. The zero-order valence-corrected chi connectivity index (χ0v) is 14.2. The largest absolute Gasteiger partial charge is 0.376 e. The van der Waals surface area contributed by atoms with E-state index in [0.29, 0.717) is 24.2 Å². The van der Waals surface area contributed by atoms with E-state index in [0.717, 1.165) is 13.2 Å². The summed E-state index contributed by atoms with van der Waals surface area (Å²) in [5, 5.41) is 0. The Morgan fingerprint density at radius 2 is 1.43 bits per heavy atom. The zero-order chi connectivity index (χ0) is 15.1. The molecule has 0 spiro atoms. The first-order valence-corrected chi connectivity index (χ1v) is 9.31. The Hall–Kier alpha value is -0.120. The normalized spacial score (nSPS) is 38.4. The molecule has 0 aromatic carbocycles. The van der Waals surface area contributed by atoms with Crippen LogP contribution in [-0.4, -0.2) is 42.3 Å². The Morgan fingerprint density at radius 3 is 2.10 bits per heavy atom. The Morgan fingerprint density at radius 1 is 0.857 bits per heavy atom. The van der Waals surface area contributed by atoms with Crippen molar-refractivity contribution in [2.75, 3.05) is 13.2 Å². The van der Waals surface area contributed by atoms with E-state index in [9.17, 15) is 0 Å². The minimum absolute atomic E-state index is 0.345. The van der Waals surface area contributed by atoms with Crippen LogP contribution in [0.25, 0.3) is 0 Å². The summed E-state index contributed by atoms with van der Waals surface area (Å²) in [5.41, 5.74) is 6.61. The van der Waals surface area contributed by atoms with Gasteiger partial charge in [-0.2, -0.15) is 0 Å². The number of hydrogen-bond acceptors (Lipinski definition) is 3. The fraction of sp³-hybridized carbons (Fsp3) is 1.00. The molecule has 1 heterocycles. The van der Waals surface area contributed by atoms with Gasteiger partial charge in [0.1, 0.15) is 0 Å². The highest BCUT2D eigenvalue weighted by molar-refractivity contribution is 4.88. The van der Waals surface area contributed by atoms with E-state index < -0.39 is 0 Å². The Balaban J connectivity index is 1.96. The summed E-state index contributed by atoms with van der Waals surface area (Å²) in [6.07, 6.45) is 13.9. The fourth-order valence-corrected chi connectivity index (χ4v) is 4.00. The van der Waals surface area contributed by atoms with Gasteiger partial charge in [-0.3, -0.25) is 4.90 Å². The molecular formula is C18H36N2O. The first kappa shape index (κ1) is 17.2. The van der Waals surface area contributed by atoms with Crippen LogP contribution < -0.4 is 5.73 Å². The van der Waals surface area contributed by atoms with Gasteiger partial charge in [0.2, 0.25) is 0 Å². The fourth-order valence-electron chi connectivity index (χ4n) is 4.00. The van der Waals surface area contributed by atoms with Gasteiger partial charge in [-0.1, -0.05) is 51.4 Å². The van der Waals surface area contributed by atoms with E-state index in [1.165, 1.54) is 64.2 Å². The van der Waals surface area contributed by atoms with Crippen LogP contribution >= 0.6 is 0 Å². The Labute approximate surface area is 131 Å². The van der Waals surface area contributed by atoms with Crippen molar-refractivity contribution in [3.8, 4) is 0 Å². The summed E-state index contributed by atoms with van der Waals surface area (Å²) in [4.78, 5) is 2.66. The third-order valence-corrected chi connectivity index (χ3v) is 5.36. The maximum atomic E-state index is 6.61. The van der Waals surface area contributed by atoms with Gasteiger partial charge in [-0.25, -0.2) is 0 Å². The second-order valence-corrected chi connectivity index (χ2v) is 7.33. The van der Waals surface area contributed by atoms with Crippen molar-refractivity contribution in [2.24, 2.45) is 5.73 Å². The quantitative estimate of drug-likeness (QED) is 0.801. The standard InChI is InChI=1S/C18H36N2O/c1-15-14-21-16(2)13-20(15)18-12-10-8-6-4-3-5-7-9-11-17(18)19/h15-18H,3-14,19H2,1-2H3. The summed E-state index contributed by atoms with van der Waals surface area (Å²) < 4.78 is 5.80. The Kier molecular flexibility index (Phi) is 7.48. The molecule has 1 aliphatic carbocycles. The molecule has 4 unspecified atom stereocenters. The summed E-state index contributed by atoms with van der Waals surface area (Å²) in [7, 11) is 0. The van der Waals surface area contributed by atoms with Gasteiger partial charge in [0.15, 0.2) is 0 Å². The minimum atomic E-state index is 0.345. The van der Waals surface area contributed by atoms with Crippen LogP contribution in [0.2, 0.25) is 0 Å². The molecule has 2 fully saturated rings. The Bertz CT molecular complexity index is 284. The van der Waals surface area contributed by atoms with Crippen LogP contribution in [0.1, 0.15) is 78.1 Å². The average Bonchev–Trinajstić information content (AvgIpc) is 2.46. The lowest BCUT2D eigenvalue weighted by atomic mass is 9.92. The lowest BCUT2D eigenvalue weighted by Crippen LogP contribution is -2.57. The first-order chi connectivity index (χ1) is 10.2. The van der Waals surface area contributed by atoms with Crippen molar-refractivity contribution in [3.05, 3.63) is 0 Å². The maximum absolute atomic E-state index is 6.61. The highest BCUT2D eigenvalue weighted by Crippen LogP contribution is 2.24. The molecule has 1 saturated carbocycles. The van der Waals surface area contributed by atoms with Gasteiger partial charge >= 0.3 is 0 Å². The van der Waals surface area contributed by atoms with E-state index in [1.807, 2.05) is 0 Å². The molecule has 3 heteroatoms. The van der Waals surface area contributed by atoms with Gasteiger partial charge in [0, 0.05) is 24.7 Å². The van der Waals surface area contributed by atoms with Gasteiger partial charge in [0.25, 0.3) is 0 Å². The number of rotatable bonds is 1. The molecule has 0 aromatic heterocycles.